The molecular formula is C20H27N5O5S. The number of hydrogen-bond acceptors (Lipinski definition) is 8. The molecule has 168 valence electrons. The van der Waals surface area contributed by atoms with Gasteiger partial charge in [0.25, 0.3) is 5.91 Å². The molecule has 0 aliphatic carbocycles. The van der Waals surface area contributed by atoms with Gasteiger partial charge in [0.1, 0.15) is 0 Å². The van der Waals surface area contributed by atoms with Crippen LogP contribution in [0.4, 0.5) is 11.6 Å². The number of aliphatic hydroxyl groups excluding tert-OH is 1. The zero-order chi connectivity index (χ0) is 22.3. The second kappa shape index (κ2) is 10.6. The Hall–Kier alpha value is -2.60. The van der Waals surface area contributed by atoms with E-state index in [9.17, 15) is 13.2 Å². The molecule has 11 heteroatoms. The molecule has 1 aromatic carbocycles. The van der Waals surface area contributed by atoms with Crippen molar-refractivity contribution in [3.05, 3.63) is 41.7 Å². The number of aryl methyl sites for hydroxylation is 1. The summed E-state index contributed by atoms with van der Waals surface area (Å²) in [5.41, 5.74) is 1.31. The van der Waals surface area contributed by atoms with E-state index in [4.69, 9.17) is 9.84 Å². The van der Waals surface area contributed by atoms with Crippen molar-refractivity contribution in [1.82, 2.24) is 14.3 Å². The van der Waals surface area contributed by atoms with Crippen LogP contribution in [0.15, 0.2) is 35.4 Å². The normalized spacial score (nSPS) is 14.9. The third-order valence-corrected chi connectivity index (χ3v) is 6.72. The van der Waals surface area contributed by atoms with Crippen LogP contribution in [0.3, 0.4) is 0 Å². The highest BCUT2D eigenvalue weighted by molar-refractivity contribution is 7.89. The van der Waals surface area contributed by atoms with Gasteiger partial charge in [0.05, 0.1) is 29.4 Å². The largest absolute Gasteiger partial charge is 0.396 e. The topological polar surface area (TPSA) is 134 Å². The molecule has 1 aliphatic rings. The summed E-state index contributed by atoms with van der Waals surface area (Å²) >= 11 is 0. The number of hydrogen-bond donors (Lipinski definition) is 3. The van der Waals surface area contributed by atoms with Crippen molar-refractivity contribution >= 4 is 27.6 Å². The fraction of sp³-hybridized carbons (Fsp3) is 0.450. The average molecular weight is 450 g/mol. The minimum absolute atomic E-state index is 0.140. The standard InChI is InChI=1S/C20H27N5O5S/c1-15-18(14-22-20(23-15)21-8-2-3-11-26)19(27)24-16-4-6-17(7-5-16)31(28,29)25-9-12-30-13-10-25/h4-7,14,26H,2-3,8-13H2,1H3,(H,24,27)(H,21,22,23). The van der Waals surface area contributed by atoms with Crippen molar-refractivity contribution in [2.75, 3.05) is 50.1 Å². The highest BCUT2D eigenvalue weighted by Crippen LogP contribution is 2.20. The first-order valence-corrected chi connectivity index (χ1v) is 11.5. The average Bonchev–Trinajstić information content (AvgIpc) is 2.78. The molecule has 0 bridgehead atoms. The number of amides is 1. The fourth-order valence-electron chi connectivity index (χ4n) is 3.06. The molecule has 0 unspecified atom stereocenters. The van der Waals surface area contributed by atoms with E-state index in [0.717, 1.165) is 6.42 Å². The van der Waals surface area contributed by atoms with E-state index < -0.39 is 10.0 Å². The molecule has 0 saturated carbocycles. The van der Waals surface area contributed by atoms with Gasteiger partial charge < -0.3 is 20.5 Å². The molecule has 1 fully saturated rings. The van der Waals surface area contributed by atoms with Crippen LogP contribution in [0.25, 0.3) is 0 Å². The van der Waals surface area contributed by atoms with Crippen LogP contribution in [-0.2, 0) is 14.8 Å². The van der Waals surface area contributed by atoms with Crippen LogP contribution in [0, 0.1) is 6.92 Å². The Bertz CT molecular complexity index is 992. The number of anilines is 2. The summed E-state index contributed by atoms with van der Waals surface area (Å²) in [7, 11) is -3.58. The van der Waals surface area contributed by atoms with Gasteiger partial charge in [-0.15, -0.1) is 0 Å². The number of rotatable bonds is 9. The quantitative estimate of drug-likeness (QED) is 0.487. The summed E-state index contributed by atoms with van der Waals surface area (Å²) < 4.78 is 32.0. The van der Waals surface area contributed by atoms with E-state index >= 15 is 0 Å². The summed E-state index contributed by atoms with van der Waals surface area (Å²) in [5.74, 6) is 0.0396. The number of carbonyl (C=O) groups excluding carboxylic acids is 1. The first kappa shape index (κ1) is 23.1. The van der Waals surface area contributed by atoms with Gasteiger partial charge in [0, 0.05) is 38.1 Å². The predicted octanol–water partition coefficient (Wildman–Crippen LogP) is 1.24. The predicted molar refractivity (Wildman–Crippen MR) is 116 cm³/mol. The number of nitrogens with one attached hydrogen (secondary N) is 2. The highest BCUT2D eigenvalue weighted by Gasteiger charge is 2.26. The molecule has 0 spiro atoms. The molecule has 1 amide bonds. The summed E-state index contributed by atoms with van der Waals surface area (Å²) in [6, 6.07) is 6.06. The van der Waals surface area contributed by atoms with Gasteiger partial charge in [-0.3, -0.25) is 4.79 Å². The Kier molecular flexibility index (Phi) is 7.91. The van der Waals surface area contributed by atoms with Crippen LogP contribution >= 0.6 is 0 Å². The van der Waals surface area contributed by atoms with E-state index in [1.807, 2.05) is 0 Å². The van der Waals surface area contributed by atoms with Crippen LogP contribution < -0.4 is 10.6 Å². The van der Waals surface area contributed by atoms with Gasteiger partial charge in [-0.1, -0.05) is 0 Å². The van der Waals surface area contributed by atoms with E-state index in [0.29, 0.717) is 62.2 Å². The number of morpholine rings is 1. The maximum atomic E-state index is 12.7. The summed E-state index contributed by atoms with van der Waals surface area (Å²) in [6.07, 6.45) is 2.93. The lowest BCUT2D eigenvalue weighted by atomic mass is 10.2. The highest BCUT2D eigenvalue weighted by atomic mass is 32.2. The van der Waals surface area contributed by atoms with Gasteiger partial charge in [-0.25, -0.2) is 18.4 Å². The molecule has 10 nitrogen and oxygen atoms in total. The zero-order valence-electron chi connectivity index (χ0n) is 17.4. The second-order valence-corrected chi connectivity index (χ2v) is 8.98. The number of sulfonamides is 1. The van der Waals surface area contributed by atoms with Crippen molar-refractivity contribution in [3.63, 3.8) is 0 Å². The molecule has 3 N–H and O–H groups in total. The van der Waals surface area contributed by atoms with Crippen molar-refractivity contribution in [2.45, 2.75) is 24.7 Å². The molecule has 1 aliphatic heterocycles. The lowest BCUT2D eigenvalue weighted by molar-refractivity contribution is 0.0730. The maximum absolute atomic E-state index is 12.7. The lowest BCUT2D eigenvalue weighted by Crippen LogP contribution is -2.40. The minimum Gasteiger partial charge on any atom is -0.396 e. The number of ether oxygens (including phenoxy) is 1. The number of unbranched alkanes of at least 4 members (excludes halogenated alkanes) is 1. The smallest absolute Gasteiger partial charge is 0.259 e. The number of nitrogens with zero attached hydrogens (tertiary/aromatic N) is 3. The van der Waals surface area contributed by atoms with Crippen molar-refractivity contribution < 1.29 is 23.1 Å². The molecule has 0 atom stereocenters. The molecule has 1 aromatic heterocycles. The summed E-state index contributed by atoms with van der Waals surface area (Å²) in [5, 5.41) is 14.6. The first-order chi connectivity index (χ1) is 14.9. The Labute approximate surface area is 181 Å². The molecule has 3 rings (SSSR count). The molecule has 1 saturated heterocycles. The van der Waals surface area contributed by atoms with Crippen LogP contribution in [0.5, 0.6) is 0 Å². The Balaban J connectivity index is 1.62. The van der Waals surface area contributed by atoms with Crippen molar-refractivity contribution in [1.29, 1.82) is 0 Å². The minimum atomic E-state index is -3.58. The van der Waals surface area contributed by atoms with E-state index in [1.54, 1.807) is 19.1 Å². The SMILES string of the molecule is Cc1nc(NCCCCO)ncc1C(=O)Nc1ccc(S(=O)(=O)N2CCOCC2)cc1. The molecule has 31 heavy (non-hydrogen) atoms. The Morgan fingerprint density at radius 3 is 2.55 bits per heavy atom. The fourth-order valence-corrected chi connectivity index (χ4v) is 4.46. The van der Waals surface area contributed by atoms with Crippen molar-refractivity contribution in [3.8, 4) is 0 Å². The van der Waals surface area contributed by atoms with Gasteiger partial charge in [0.2, 0.25) is 16.0 Å². The molecule has 2 aromatic rings. The number of aromatic nitrogens is 2. The van der Waals surface area contributed by atoms with Gasteiger partial charge in [-0.05, 0) is 44.0 Å². The van der Waals surface area contributed by atoms with Crippen LogP contribution in [0.1, 0.15) is 28.9 Å². The first-order valence-electron chi connectivity index (χ1n) is 10.1. The third kappa shape index (κ3) is 5.97. The van der Waals surface area contributed by atoms with E-state index in [1.165, 1.54) is 22.6 Å². The van der Waals surface area contributed by atoms with E-state index in [2.05, 4.69) is 20.6 Å². The second-order valence-electron chi connectivity index (χ2n) is 7.05. The summed E-state index contributed by atoms with van der Waals surface area (Å²) in [6.45, 7) is 3.90. The Morgan fingerprint density at radius 1 is 1.19 bits per heavy atom. The maximum Gasteiger partial charge on any atom is 0.259 e. The van der Waals surface area contributed by atoms with Crippen LogP contribution in [-0.4, -0.2) is 73.2 Å². The molecule has 0 radical (unpaired) electrons. The summed E-state index contributed by atoms with van der Waals surface area (Å²) in [4.78, 5) is 21.2. The lowest BCUT2D eigenvalue weighted by Gasteiger charge is -2.26. The van der Waals surface area contributed by atoms with Crippen LogP contribution in [0.2, 0.25) is 0 Å². The zero-order valence-corrected chi connectivity index (χ0v) is 18.2. The monoisotopic (exact) mass is 449 g/mol. The Morgan fingerprint density at radius 2 is 1.90 bits per heavy atom. The van der Waals surface area contributed by atoms with Gasteiger partial charge in [0.15, 0.2) is 0 Å². The van der Waals surface area contributed by atoms with Crippen molar-refractivity contribution in [2.24, 2.45) is 0 Å². The number of benzene rings is 1. The van der Waals surface area contributed by atoms with Gasteiger partial charge in [-0.2, -0.15) is 4.31 Å². The van der Waals surface area contributed by atoms with Gasteiger partial charge >= 0.3 is 0 Å². The molecular weight excluding hydrogens is 422 g/mol. The molecule has 2 heterocycles. The number of aliphatic hydroxyl groups is 1. The third-order valence-electron chi connectivity index (χ3n) is 4.81. The number of carbonyl (C=O) groups is 1. The van der Waals surface area contributed by atoms with E-state index in [-0.39, 0.29) is 17.4 Å².